The van der Waals surface area contributed by atoms with E-state index in [9.17, 15) is 0 Å². The summed E-state index contributed by atoms with van der Waals surface area (Å²) >= 11 is 9.57. The van der Waals surface area contributed by atoms with Crippen LogP contribution in [0.3, 0.4) is 0 Å². The molecule has 1 aromatic heterocycles. The average Bonchev–Trinajstić information content (AvgIpc) is 2.80. The molecule has 2 rings (SSSR count). The monoisotopic (exact) mass is 327 g/mol. The van der Waals surface area contributed by atoms with E-state index in [1.165, 1.54) is 0 Å². The van der Waals surface area contributed by atoms with E-state index in [1.807, 2.05) is 37.4 Å². The quantitative estimate of drug-likeness (QED) is 0.893. The molecule has 2 nitrogen and oxygen atoms in total. The van der Waals surface area contributed by atoms with Crippen molar-refractivity contribution in [3.05, 3.63) is 45.6 Å². The first-order chi connectivity index (χ1) is 8.61. The van der Waals surface area contributed by atoms with Gasteiger partial charge >= 0.3 is 0 Å². The van der Waals surface area contributed by atoms with Gasteiger partial charge < -0.3 is 9.73 Å². The number of hydrogen-bond donors (Lipinski definition) is 1. The molecule has 0 fully saturated rings. The first-order valence-electron chi connectivity index (χ1n) is 5.82. The largest absolute Gasteiger partial charge is 0.461 e. The maximum absolute atomic E-state index is 6.08. The number of nitrogens with one attached hydrogen (secondary N) is 1. The number of rotatable bonds is 4. The van der Waals surface area contributed by atoms with Crippen molar-refractivity contribution < 1.29 is 4.42 Å². The Labute approximate surface area is 120 Å². The highest BCUT2D eigenvalue weighted by atomic mass is 79.9. The van der Waals surface area contributed by atoms with Crippen molar-refractivity contribution in [2.75, 3.05) is 7.05 Å². The molecule has 1 N–H and O–H groups in total. The van der Waals surface area contributed by atoms with Gasteiger partial charge in [-0.25, -0.2) is 0 Å². The maximum atomic E-state index is 6.08. The Morgan fingerprint density at radius 1 is 1.33 bits per heavy atom. The molecule has 1 unspecified atom stereocenters. The van der Waals surface area contributed by atoms with Crippen LogP contribution in [0, 0.1) is 0 Å². The fraction of sp³-hybridized carbons (Fsp3) is 0.286. The third kappa shape index (κ3) is 2.97. The molecule has 96 valence electrons. The summed E-state index contributed by atoms with van der Waals surface area (Å²) in [4.78, 5) is 0. The summed E-state index contributed by atoms with van der Waals surface area (Å²) in [6.45, 7) is 2.12. The van der Waals surface area contributed by atoms with Crippen molar-refractivity contribution in [2.45, 2.75) is 19.4 Å². The van der Waals surface area contributed by atoms with E-state index in [1.54, 1.807) is 0 Å². The van der Waals surface area contributed by atoms with Gasteiger partial charge in [0.05, 0.1) is 5.02 Å². The molecule has 4 heteroatoms. The number of furan rings is 1. The molecule has 0 saturated carbocycles. The molecule has 0 amide bonds. The molecule has 1 aromatic carbocycles. The second-order valence-electron chi connectivity index (χ2n) is 4.26. The Morgan fingerprint density at radius 3 is 2.83 bits per heavy atom. The Morgan fingerprint density at radius 2 is 2.11 bits per heavy atom. The third-order valence-corrected chi connectivity index (χ3v) is 4.28. The maximum Gasteiger partial charge on any atom is 0.135 e. The first-order valence-corrected chi connectivity index (χ1v) is 6.99. The number of likely N-dealkylation sites (N-methyl/N-ethyl adjacent to an activating group) is 1. The summed E-state index contributed by atoms with van der Waals surface area (Å²) in [5.74, 6) is 1.81. The standard InChI is InChI=1S/C14H15BrClNO/c1-9(17-2)8-10-6-7-13(18-10)11-4-3-5-12(16)14(11)15/h3-7,9,17H,8H2,1-2H3. The molecule has 1 atom stereocenters. The van der Waals surface area contributed by atoms with Crippen molar-refractivity contribution in [3.63, 3.8) is 0 Å². The van der Waals surface area contributed by atoms with Crippen LogP contribution in [0.2, 0.25) is 5.02 Å². The SMILES string of the molecule is CNC(C)Cc1ccc(-c2cccc(Cl)c2Br)o1. The summed E-state index contributed by atoms with van der Waals surface area (Å²) in [5.41, 5.74) is 0.978. The first kappa shape index (κ1) is 13.7. The van der Waals surface area contributed by atoms with Gasteiger partial charge in [-0.05, 0) is 54.2 Å². The lowest BCUT2D eigenvalue weighted by molar-refractivity contribution is 0.481. The summed E-state index contributed by atoms with van der Waals surface area (Å²) in [5, 5.41) is 3.88. The van der Waals surface area contributed by atoms with Gasteiger partial charge in [0.2, 0.25) is 0 Å². The summed E-state index contributed by atoms with van der Waals surface area (Å²) in [6.07, 6.45) is 0.870. The minimum Gasteiger partial charge on any atom is -0.461 e. The van der Waals surface area contributed by atoms with Gasteiger partial charge in [0.1, 0.15) is 11.5 Å². The zero-order valence-corrected chi connectivity index (χ0v) is 12.7. The summed E-state index contributed by atoms with van der Waals surface area (Å²) in [6, 6.07) is 10.1. The topological polar surface area (TPSA) is 25.2 Å². The average molecular weight is 329 g/mol. The van der Waals surface area contributed by atoms with E-state index in [0.29, 0.717) is 11.1 Å². The van der Waals surface area contributed by atoms with Gasteiger partial charge in [0.15, 0.2) is 0 Å². The lowest BCUT2D eigenvalue weighted by Gasteiger charge is -2.07. The predicted octanol–water partition coefficient (Wildman–Crippen LogP) is 4.51. The highest BCUT2D eigenvalue weighted by Crippen LogP contribution is 2.34. The molecule has 0 spiro atoms. The van der Waals surface area contributed by atoms with E-state index >= 15 is 0 Å². The molecule has 0 saturated heterocycles. The molecule has 0 aliphatic heterocycles. The minimum atomic E-state index is 0.395. The van der Waals surface area contributed by atoms with Crippen molar-refractivity contribution >= 4 is 27.5 Å². The van der Waals surface area contributed by atoms with Gasteiger partial charge in [-0.2, -0.15) is 0 Å². The van der Waals surface area contributed by atoms with Crippen LogP contribution >= 0.6 is 27.5 Å². The molecule has 2 aromatic rings. The summed E-state index contributed by atoms with van der Waals surface area (Å²) in [7, 11) is 1.95. The molecule has 1 heterocycles. The van der Waals surface area contributed by atoms with Crippen LogP contribution in [0.15, 0.2) is 39.2 Å². The molecule has 0 aliphatic rings. The Balaban J connectivity index is 2.27. The highest BCUT2D eigenvalue weighted by molar-refractivity contribution is 9.10. The fourth-order valence-corrected chi connectivity index (χ4v) is 2.36. The molecule has 0 aliphatic carbocycles. The van der Waals surface area contributed by atoms with E-state index < -0.39 is 0 Å². The van der Waals surface area contributed by atoms with Crippen molar-refractivity contribution in [1.29, 1.82) is 0 Å². The van der Waals surface area contributed by atoms with Crippen LogP contribution in [0.25, 0.3) is 11.3 Å². The van der Waals surface area contributed by atoms with Crippen LogP contribution in [-0.4, -0.2) is 13.1 Å². The van der Waals surface area contributed by atoms with E-state index in [0.717, 1.165) is 28.0 Å². The Bertz CT molecular complexity index is 538. The van der Waals surface area contributed by atoms with Crippen LogP contribution in [0.4, 0.5) is 0 Å². The molecule has 0 radical (unpaired) electrons. The minimum absolute atomic E-state index is 0.395. The Kier molecular flexibility index (Phi) is 4.49. The van der Waals surface area contributed by atoms with Gasteiger partial charge in [0.25, 0.3) is 0 Å². The Hall–Kier alpha value is -0.770. The second kappa shape index (κ2) is 5.91. The number of halogens is 2. The van der Waals surface area contributed by atoms with Crippen LogP contribution in [-0.2, 0) is 6.42 Å². The molecule has 0 bridgehead atoms. The van der Waals surface area contributed by atoms with Crippen LogP contribution in [0.1, 0.15) is 12.7 Å². The van der Waals surface area contributed by atoms with E-state index in [4.69, 9.17) is 16.0 Å². The normalized spacial score (nSPS) is 12.7. The molecular weight excluding hydrogens is 314 g/mol. The van der Waals surface area contributed by atoms with Crippen molar-refractivity contribution in [1.82, 2.24) is 5.32 Å². The van der Waals surface area contributed by atoms with Gasteiger partial charge in [0, 0.05) is 22.5 Å². The van der Waals surface area contributed by atoms with E-state index in [-0.39, 0.29) is 0 Å². The lowest BCUT2D eigenvalue weighted by atomic mass is 10.2. The lowest BCUT2D eigenvalue weighted by Crippen LogP contribution is -2.23. The van der Waals surface area contributed by atoms with Crippen LogP contribution in [0.5, 0.6) is 0 Å². The summed E-state index contributed by atoms with van der Waals surface area (Å²) < 4.78 is 6.72. The fourth-order valence-electron chi connectivity index (χ4n) is 1.73. The van der Waals surface area contributed by atoms with E-state index in [2.05, 4.69) is 28.2 Å². The number of hydrogen-bond acceptors (Lipinski definition) is 2. The van der Waals surface area contributed by atoms with Gasteiger partial charge in [-0.15, -0.1) is 0 Å². The third-order valence-electron chi connectivity index (χ3n) is 2.88. The van der Waals surface area contributed by atoms with Gasteiger partial charge in [-0.1, -0.05) is 17.7 Å². The predicted molar refractivity (Wildman–Crippen MR) is 79.1 cm³/mol. The van der Waals surface area contributed by atoms with Gasteiger partial charge in [-0.3, -0.25) is 0 Å². The highest BCUT2D eigenvalue weighted by Gasteiger charge is 2.11. The zero-order chi connectivity index (χ0) is 13.1. The smallest absolute Gasteiger partial charge is 0.135 e. The van der Waals surface area contributed by atoms with Crippen molar-refractivity contribution in [3.8, 4) is 11.3 Å². The molecular formula is C14H15BrClNO. The van der Waals surface area contributed by atoms with Crippen LogP contribution < -0.4 is 5.32 Å². The van der Waals surface area contributed by atoms with Crippen molar-refractivity contribution in [2.24, 2.45) is 0 Å². The molecule has 18 heavy (non-hydrogen) atoms. The number of benzene rings is 1. The zero-order valence-electron chi connectivity index (χ0n) is 10.3. The second-order valence-corrected chi connectivity index (χ2v) is 5.46.